The first-order valence-electron chi connectivity index (χ1n) is 4.97. The van der Waals surface area contributed by atoms with E-state index in [2.05, 4.69) is 0 Å². The normalized spacial score (nSPS) is 27.3. The van der Waals surface area contributed by atoms with Gasteiger partial charge in [-0.3, -0.25) is 14.3 Å². The lowest BCUT2D eigenvalue weighted by molar-refractivity contribution is -0.155. The Labute approximate surface area is 98.3 Å². The van der Waals surface area contributed by atoms with Gasteiger partial charge in [0.15, 0.2) is 6.10 Å². The molecule has 0 aliphatic carbocycles. The molecule has 0 unspecified atom stereocenters. The monoisotopic (exact) mass is 260 g/mol. The molecule has 1 fully saturated rings. The molecule has 1 aromatic rings. The molecule has 8 nitrogen and oxygen atoms in total. The Balaban J connectivity index is 2.35. The number of carboxylic acids is 1. The molecule has 0 spiro atoms. The molecule has 1 aromatic heterocycles. The van der Waals surface area contributed by atoms with E-state index < -0.39 is 41.5 Å². The Morgan fingerprint density at radius 3 is 2.78 bits per heavy atom. The lowest BCUT2D eigenvalue weighted by Gasteiger charge is -2.13. The van der Waals surface area contributed by atoms with Gasteiger partial charge in [-0.05, 0) is 0 Å². The maximum Gasteiger partial charge on any atom is 0.335 e. The number of nitrogens with zero attached hydrogens (tertiary/aromatic N) is 1. The highest BCUT2D eigenvalue weighted by Crippen LogP contribution is 2.27. The standard InChI is InChI=1S/C9H9FN2O6/c10-3-2-12(9(17)11-7(3)14)5-1-4(13)6(18-5)8(15)16/h2,4-6,13H,1H2,(H,15,16)(H,11,14,17)/t4-,5+,6+/m0/s1. The van der Waals surface area contributed by atoms with E-state index in [1.165, 1.54) is 0 Å². The van der Waals surface area contributed by atoms with E-state index in [0.29, 0.717) is 10.8 Å². The van der Waals surface area contributed by atoms with Crippen LogP contribution in [-0.2, 0) is 9.53 Å². The number of aliphatic hydroxyl groups is 1. The Kier molecular flexibility index (Phi) is 3.01. The highest BCUT2D eigenvalue weighted by molar-refractivity contribution is 5.73. The average Bonchev–Trinajstić information content (AvgIpc) is 2.65. The molecule has 9 heteroatoms. The molecule has 0 bridgehead atoms. The molecular weight excluding hydrogens is 251 g/mol. The van der Waals surface area contributed by atoms with Crippen LogP contribution in [0.3, 0.4) is 0 Å². The maximum absolute atomic E-state index is 13.0. The summed E-state index contributed by atoms with van der Waals surface area (Å²) in [6, 6.07) is 0. The molecule has 3 N–H and O–H groups in total. The number of carboxylic acid groups (broad SMARTS) is 1. The number of hydrogen-bond acceptors (Lipinski definition) is 5. The number of ether oxygens (including phenoxy) is 1. The van der Waals surface area contributed by atoms with Crippen molar-refractivity contribution in [1.82, 2.24) is 9.55 Å². The van der Waals surface area contributed by atoms with Crippen LogP contribution in [0.2, 0.25) is 0 Å². The first kappa shape index (κ1) is 12.5. The van der Waals surface area contributed by atoms with Crippen LogP contribution >= 0.6 is 0 Å². The van der Waals surface area contributed by atoms with E-state index in [9.17, 15) is 23.9 Å². The van der Waals surface area contributed by atoms with Crippen LogP contribution in [0.4, 0.5) is 4.39 Å². The first-order chi connectivity index (χ1) is 8.40. The fraction of sp³-hybridized carbons (Fsp3) is 0.444. The molecule has 1 aliphatic heterocycles. The Bertz CT molecular complexity index is 593. The van der Waals surface area contributed by atoms with E-state index in [4.69, 9.17) is 9.84 Å². The molecule has 0 amide bonds. The van der Waals surface area contributed by atoms with E-state index in [1.54, 1.807) is 4.98 Å². The molecule has 0 aromatic carbocycles. The summed E-state index contributed by atoms with van der Waals surface area (Å²) in [5.74, 6) is -2.59. The topological polar surface area (TPSA) is 122 Å². The first-order valence-corrected chi connectivity index (χ1v) is 4.97. The second-order valence-electron chi connectivity index (χ2n) is 3.80. The summed E-state index contributed by atoms with van der Waals surface area (Å²) in [6.07, 6.45) is -3.52. The summed E-state index contributed by atoms with van der Waals surface area (Å²) in [7, 11) is 0. The summed E-state index contributed by atoms with van der Waals surface area (Å²) in [6.45, 7) is 0. The zero-order valence-corrected chi connectivity index (χ0v) is 8.87. The molecule has 3 atom stereocenters. The van der Waals surface area contributed by atoms with E-state index in [1.807, 2.05) is 0 Å². The van der Waals surface area contributed by atoms with E-state index >= 15 is 0 Å². The van der Waals surface area contributed by atoms with Crippen molar-refractivity contribution in [3.05, 3.63) is 32.9 Å². The third kappa shape index (κ3) is 2.05. The van der Waals surface area contributed by atoms with Crippen LogP contribution in [0.15, 0.2) is 15.8 Å². The molecule has 0 radical (unpaired) electrons. The average molecular weight is 260 g/mol. The van der Waals surface area contributed by atoms with Crippen molar-refractivity contribution in [3.63, 3.8) is 0 Å². The van der Waals surface area contributed by atoms with Gasteiger partial charge < -0.3 is 14.9 Å². The Hall–Kier alpha value is -2.00. The number of hydrogen-bond donors (Lipinski definition) is 3. The van der Waals surface area contributed by atoms with Crippen molar-refractivity contribution >= 4 is 5.97 Å². The number of H-pyrrole nitrogens is 1. The number of aromatic nitrogens is 2. The molecule has 1 aliphatic rings. The predicted octanol–water partition coefficient (Wildman–Crippen LogP) is -1.59. The van der Waals surface area contributed by atoms with Gasteiger partial charge in [0.25, 0.3) is 5.56 Å². The van der Waals surface area contributed by atoms with E-state index in [-0.39, 0.29) is 6.42 Å². The fourth-order valence-electron chi connectivity index (χ4n) is 1.72. The summed E-state index contributed by atoms with van der Waals surface area (Å²) in [5, 5.41) is 18.1. The van der Waals surface area contributed by atoms with Gasteiger partial charge in [0.1, 0.15) is 6.23 Å². The fourth-order valence-corrected chi connectivity index (χ4v) is 1.72. The van der Waals surface area contributed by atoms with Crippen LogP contribution in [0.25, 0.3) is 0 Å². The van der Waals surface area contributed by atoms with Gasteiger partial charge in [0.2, 0.25) is 5.82 Å². The summed E-state index contributed by atoms with van der Waals surface area (Å²) < 4.78 is 18.6. The molecule has 2 heterocycles. The number of nitrogens with one attached hydrogen (secondary N) is 1. The molecular formula is C9H9FN2O6. The number of carbonyl (C=O) groups is 1. The quantitative estimate of drug-likeness (QED) is 0.589. The minimum Gasteiger partial charge on any atom is -0.479 e. The third-order valence-corrected chi connectivity index (χ3v) is 2.57. The SMILES string of the molecule is O=C(O)[C@@H]1O[C@@H](n2cc(F)c(=O)[nH]c2=O)C[C@@H]1O. The molecule has 18 heavy (non-hydrogen) atoms. The van der Waals surface area contributed by atoms with Gasteiger partial charge in [0, 0.05) is 6.42 Å². The van der Waals surface area contributed by atoms with Crippen LogP contribution in [0.5, 0.6) is 0 Å². The molecule has 1 saturated heterocycles. The highest BCUT2D eigenvalue weighted by Gasteiger charge is 2.40. The minimum atomic E-state index is -1.49. The van der Waals surface area contributed by atoms with Crippen molar-refractivity contribution in [1.29, 1.82) is 0 Å². The number of aliphatic carboxylic acids is 1. The zero-order chi connectivity index (χ0) is 13.4. The lowest BCUT2D eigenvalue weighted by Crippen LogP contribution is -2.34. The van der Waals surface area contributed by atoms with Gasteiger partial charge in [-0.2, -0.15) is 4.39 Å². The Morgan fingerprint density at radius 1 is 1.56 bits per heavy atom. The van der Waals surface area contributed by atoms with Gasteiger partial charge in [-0.1, -0.05) is 0 Å². The van der Waals surface area contributed by atoms with Crippen LogP contribution in [0.1, 0.15) is 12.6 Å². The summed E-state index contributed by atoms with van der Waals surface area (Å²) in [5.41, 5.74) is -2.12. The predicted molar refractivity (Wildman–Crippen MR) is 53.5 cm³/mol. The number of halogens is 1. The van der Waals surface area contributed by atoms with E-state index in [0.717, 1.165) is 0 Å². The Morgan fingerprint density at radius 2 is 2.22 bits per heavy atom. The van der Waals surface area contributed by atoms with Gasteiger partial charge in [-0.15, -0.1) is 0 Å². The van der Waals surface area contributed by atoms with Crippen molar-refractivity contribution in [2.45, 2.75) is 24.9 Å². The van der Waals surface area contributed by atoms with Gasteiger partial charge in [-0.25, -0.2) is 9.59 Å². The zero-order valence-electron chi connectivity index (χ0n) is 8.87. The second-order valence-corrected chi connectivity index (χ2v) is 3.80. The van der Waals surface area contributed by atoms with Crippen molar-refractivity contribution in [2.75, 3.05) is 0 Å². The van der Waals surface area contributed by atoms with Crippen LogP contribution in [-0.4, -0.2) is 37.9 Å². The van der Waals surface area contributed by atoms with Crippen LogP contribution < -0.4 is 11.2 Å². The smallest absolute Gasteiger partial charge is 0.335 e. The van der Waals surface area contributed by atoms with Crippen molar-refractivity contribution in [2.24, 2.45) is 0 Å². The number of rotatable bonds is 2. The molecule has 2 rings (SSSR count). The third-order valence-electron chi connectivity index (χ3n) is 2.57. The van der Waals surface area contributed by atoms with Crippen LogP contribution in [0, 0.1) is 5.82 Å². The maximum atomic E-state index is 13.0. The second kappa shape index (κ2) is 4.35. The van der Waals surface area contributed by atoms with Gasteiger partial charge in [0.05, 0.1) is 12.3 Å². The largest absolute Gasteiger partial charge is 0.479 e. The van der Waals surface area contributed by atoms with Crippen molar-refractivity contribution in [3.8, 4) is 0 Å². The van der Waals surface area contributed by atoms with Gasteiger partial charge >= 0.3 is 11.7 Å². The lowest BCUT2D eigenvalue weighted by atomic mass is 10.2. The molecule has 98 valence electrons. The summed E-state index contributed by atoms with van der Waals surface area (Å²) >= 11 is 0. The number of aliphatic hydroxyl groups excluding tert-OH is 1. The number of aromatic amines is 1. The molecule has 0 saturated carbocycles. The minimum absolute atomic E-state index is 0.192. The van der Waals surface area contributed by atoms with Crippen molar-refractivity contribution < 1.29 is 24.1 Å². The highest BCUT2D eigenvalue weighted by atomic mass is 19.1. The summed E-state index contributed by atoms with van der Waals surface area (Å²) in [4.78, 5) is 34.6.